The highest BCUT2D eigenvalue weighted by Gasteiger charge is 2.04. The molecule has 3 aromatic rings. The molecule has 0 atom stereocenters. The maximum Gasteiger partial charge on any atom is 0.0417 e. The average molecular weight is 344 g/mol. The Morgan fingerprint density at radius 1 is 0.650 bits per heavy atom. The van der Waals surface area contributed by atoms with E-state index in [4.69, 9.17) is 11.6 Å². The first-order valence-electron chi connectivity index (χ1n) is 6.35. The normalized spacial score (nSPS) is 10.5. The van der Waals surface area contributed by atoms with E-state index in [2.05, 4.69) is 64.5 Å². The quantitative estimate of drug-likeness (QED) is 0.502. The van der Waals surface area contributed by atoms with Crippen LogP contribution in [0, 0.1) is 0 Å². The van der Waals surface area contributed by atoms with Gasteiger partial charge in [-0.05, 0) is 34.4 Å². The zero-order valence-electron chi connectivity index (χ0n) is 10.7. The third-order valence-corrected chi connectivity index (χ3v) is 4.13. The van der Waals surface area contributed by atoms with Gasteiger partial charge in [-0.1, -0.05) is 88.2 Å². The van der Waals surface area contributed by atoms with E-state index in [1.165, 1.54) is 16.7 Å². The summed E-state index contributed by atoms with van der Waals surface area (Å²) in [6.07, 6.45) is 0. The van der Waals surface area contributed by atoms with E-state index >= 15 is 0 Å². The van der Waals surface area contributed by atoms with E-state index < -0.39 is 0 Å². The van der Waals surface area contributed by atoms with Crippen molar-refractivity contribution in [2.45, 2.75) is 0 Å². The molecule has 3 rings (SSSR count). The molecule has 0 N–H and O–H groups in total. The minimum absolute atomic E-state index is 0.738. The highest BCUT2D eigenvalue weighted by atomic mass is 79.9. The van der Waals surface area contributed by atoms with Crippen molar-refractivity contribution in [3.05, 3.63) is 82.3 Å². The van der Waals surface area contributed by atoms with Crippen molar-refractivity contribution >= 4 is 27.5 Å². The second-order valence-corrected chi connectivity index (χ2v) is 5.86. The summed E-state index contributed by atoms with van der Waals surface area (Å²) in [6.45, 7) is 0. The first kappa shape index (κ1) is 13.4. The van der Waals surface area contributed by atoms with Gasteiger partial charge in [0.25, 0.3) is 0 Å². The summed E-state index contributed by atoms with van der Waals surface area (Å²) >= 11 is 9.54. The summed E-state index contributed by atoms with van der Waals surface area (Å²) in [6, 6.07) is 24.8. The molecular formula is C18H12BrCl. The van der Waals surface area contributed by atoms with Gasteiger partial charge in [-0.25, -0.2) is 0 Å². The first-order valence-corrected chi connectivity index (χ1v) is 7.52. The molecule has 0 aliphatic rings. The van der Waals surface area contributed by atoms with E-state index in [-0.39, 0.29) is 0 Å². The van der Waals surface area contributed by atoms with Crippen LogP contribution < -0.4 is 0 Å². The highest BCUT2D eigenvalue weighted by molar-refractivity contribution is 9.10. The smallest absolute Gasteiger partial charge is 0.0417 e. The second kappa shape index (κ2) is 5.82. The van der Waals surface area contributed by atoms with Crippen molar-refractivity contribution in [2.24, 2.45) is 0 Å². The molecule has 0 aromatic heterocycles. The summed E-state index contributed by atoms with van der Waals surface area (Å²) in [4.78, 5) is 0. The lowest BCUT2D eigenvalue weighted by atomic mass is 10.0. The Kier molecular flexibility index (Phi) is 3.90. The summed E-state index contributed by atoms with van der Waals surface area (Å²) in [5, 5.41) is 0.738. The Hall–Kier alpha value is -1.57. The SMILES string of the molecule is Clc1ccc(-c2ccc(-c3ccccc3)cc2)c(Br)c1. The van der Waals surface area contributed by atoms with E-state index in [9.17, 15) is 0 Å². The summed E-state index contributed by atoms with van der Waals surface area (Å²) in [5.41, 5.74) is 4.77. The topological polar surface area (TPSA) is 0 Å². The maximum absolute atomic E-state index is 5.98. The Balaban J connectivity index is 1.97. The van der Waals surface area contributed by atoms with Crippen LogP contribution in [0.5, 0.6) is 0 Å². The van der Waals surface area contributed by atoms with Crippen molar-refractivity contribution < 1.29 is 0 Å². The third-order valence-electron chi connectivity index (χ3n) is 3.23. The Morgan fingerprint density at radius 2 is 1.25 bits per heavy atom. The van der Waals surface area contributed by atoms with E-state index in [0.29, 0.717) is 0 Å². The van der Waals surface area contributed by atoms with Gasteiger partial charge in [0.15, 0.2) is 0 Å². The maximum atomic E-state index is 5.98. The fourth-order valence-electron chi connectivity index (χ4n) is 2.20. The monoisotopic (exact) mass is 342 g/mol. The fourth-order valence-corrected chi connectivity index (χ4v) is 3.11. The highest BCUT2D eigenvalue weighted by Crippen LogP contribution is 2.31. The van der Waals surface area contributed by atoms with E-state index in [0.717, 1.165) is 15.1 Å². The van der Waals surface area contributed by atoms with Crippen LogP contribution in [0.3, 0.4) is 0 Å². The molecule has 0 aliphatic carbocycles. The van der Waals surface area contributed by atoms with Crippen LogP contribution in [0.2, 0.25) is 5.02 Å². The molecule has 0 bridgehead atoms. The Labute approximate surface area is 132 Å². The lowest BCUT2D eigenvalue weighted by Crippen LogP contribution is -1.82. The number of halogens is 2. The third kappa shape index (κ3) is 2.79. The van der Waals surface area contributed by atoms with Gasteiger partial charge in [0.05, 0.1) is 0 Å². The molecule has 2 heteroatoms. The van der Waals surface area contributed by atoms with Gasteiger partial charge < -0.3 is 0 Å². The van der Waals surface area contributed by atoms with Gasteiger partial charge in [0, 0.05) is 9.50 Å². The van der Waals surface area contributed by atoms with Gasteiger partial charge in [-0.15, -0.1) is 0 Å². The molecule has 98 valence electrons. The van der Waals surface area contributed by atoms with Crippen molar-refractivity contribution in [2.75, 3.05) is 0 Å². The molecule has 20 heavy (non-hydrogen) atoms. The summed E-state index contributed by atoms with van der Waals surface area (Å²) in [7, 11) is 0. The van der Waals surface area contributed by atoms with Gasteiger partial charge in [-0.3, -0.25) is 0 Å². The lowest BCUT2D eigenvalue weighted by molar-refractivity contribution is 1.57. The van der Waals surface area contributed by atoms with Crippen molar-refractivity contribution in [3.8, 4) is 22.3 Å². The molecular weight excluding hydrogens is 332 g/mol. The molecule has 0 heterocycles. The van der Waals surface area contributed by atoms with Crippen molar-refractivity contribution in [1.29, 1.82) is 0 Å². The molecule has 0 saturated carbocycles. The van der Waals surface area contributed by atoms with Crippen LogP contribution in [-0.2, 0) is 0 Å². The molecule has 0 aliphatic heterocycles. The average Bonchev–Trinajstić information content (AvgIpc) is 2.48. The molecule has 0 amide bonds. The minimum atomic E-state index is 0.738. The zero-order chi connectivity index (χ0) is 13.9. The van der Waals surface area contributed by atoms with Crippen LogP contribution in [0.15, 0.2) is 77.3 Å². The van der Waals surface area contributed by atoms with Crippen LogP contribution in [0.25, 0.3) is 22.3 Å². The van der Waals surface area contributed by atoms with Crippen LogP contribution in [0.4, 0.5) is 0 Å². The molecule has 3 aromatic carbocycles. The predicted octanol–water partition coefficient (Wildman–Crippen LogP) is 6.44. The molecule has 0 nitrogen and oxygen atoms in total. The van der Waals surface area contributed by atoms with Gasteiger partial charge in [0.1, 0.15) is 0 Å². The molecule has 0 radical (unpaired) electrons. The van der Waals surface area contributed by atoms with Gasteiger partial charge in [-0.2, -0.15) is 0 Å². The largest absolute Gasteiger partial charge is 0.0843 e. The van der Waals surface area contributed by atoms with Crippen molar-refractivity contribution in [3.63, 3.8) is 0 Å². The molecule has 0 fully saturated rings. The van der Waals surface area contributed by atoms with E-state index in [1.807, 2.05) is 24.3 Å². The standard InChI is InChI=1S/C18H12BrCl/c19-18-12-16(20)10-11-17(18)15-8-6-14(7-9-15)13-4-2-1-3-5-13/h1-12H. The number of rotatable bonds is 2. The molecule has 0 saturated heterocycles. The van der Waals surface area contributed by atoms with Crippen LogP contribution in [0.1, 0.15) is 0 Å². The summed E-state index contributed by atoms with van der Waals surface area (Å²) in [5.74, 6) is 0. The lowest BCUT2D eigenvalue weighted by Gasteiger charge is -2.07. The van der Waals surface area contributed by atoms with E-state index in [1.54, 1.807) is 0 Å². The summed E-state index contributed by atoms with van der Waals surface area (Å²) < 4.78 is 1.01. The minimum Gasteiger partial charge on any atom is -0.0843 e. The molecule has 0 spiro atoms. The van der Waals surface area contributed by atoms with Gasteiger partial charge >= 0.3 is 0 Å². The van der Waals surface area contributed by atoms with Gasteiger partial charge in [0.2, 0.25) is 0 Å². The zero-order valence-corrected chi connectivity index (χ0v) is 13.0. The predicted molar refractivity (Wildman–Crippen MR) is 90.0 cm³/mol. The number of hydrogen-bond acceptors (Lipinski definition) is 0. The Morgan fingerprint density at radius 3 is 1.90 bits per heavy atom. The second-order valence-electron chi connectivity index (χ2n) is 4.57. The van der Waals surface area contributed by atoms with Crippen molar-refractivity contribution in [1.82, 2.24) is 0 Å². The molecule has 0 unspecified atom stereocenters. The van der Waals surface area contributed by atoms with Crippen LogP contribution >= 0.6 is 27.5 Å². The van der Waals surface area contributed by atoms with Crippen LogP contribution in [-0.4, -0.2) is 0 Å². The Bertz CT molecular complexity index is 718. The number of benzene rings is 3. The fraction of sp³-hybridized carbons (Fsp3) is 0. The first-order chi connectivity index (χ1) is 9.74. The number of hydrogen-bond donors (Lipinski definition) is 0.